The summed E-state index contributed by atoms with van der Waals surface area (Å²) in [5.41, 5.74) is 0.615. The fourth-order valence-electron chi connectivity index (χ4n) is 3.41. The molecule has 0 radical (unpaired) electrons. The maximum atomic E-state index is 13.3. The minimum atomic E-state index is -0.756. The van der Waals surface area contributed by atoms with Gasteiger partial charge in [0, 0.05) is 19.5 Å². The molecule has 6 nitrogen and oxygen atoms in total. The summed E-state index contributed by atoms with van der Waals surface area (Å²) in [6.07, 6.45) is 0.670. The number of alkyl carbamates (subject to hydrolysis) is 1. The van der Waals surface area contributed by atoms with Crippen LogP contribution in [0.1, 0.15) is 44.7 Å². The molecule has 0 aliphatic carbocycles. The van der Waals surface area contributed by atoms with E-state index in [-0.39, 0.29) is 5.91 Å². The van der Waals surface area contributed by atoms with Gasteiger partial charge in [-0.3, -0.25) is 4.79 Å². The number of carbonyl (C=O) groups excluding carboxylic acids is 2. The molecule has 2 N–H and O–H groups in total. The molecule has 1 aromatic heterocycles. The first-order chi connectivity index (χ1) is 15.2. The molecule has 0 saturated heterocycles. The van der Waals surface area contributed by atoms with Gasteiger partial charge in [-0.1, -0.05) is 42.5 Å². The molecule has 0 bridgehead atoms. The third-order valence-corrected chi connectivity index (χ3v) is 6.10. The van der Waals surface area contributed by atoms with E-state index < -0.39 is 17.1 Å². The number of carbonyl (C=O) groups is 2. The molecule has 1 atom stereocenters. The van der Waals surface area contributed by atoms with Crippen LogP contribution in [0, 0.1) is 0 Å². The number of ether oxygens (including phenoxy) is 1. The highest BCUT2D eigenvalue weighted by molar-refractivity contribution is 7.18. The average Bonchev–Trinajstić information content (AvgIpc) is 3.14. The van der Waals surface area contributed by atoms with Crippen molar-refractivity contribution in [3.63, 3.8) is 0 Å². The molecule has 170 valence electrons. The quantitative estimate of drug-likeness (QED) is 0.479. The maximum absolute atomic E-state index is 13.3. The molecule has 7 heteroatoms. The minimum absolute atomic E-state index is 0.0553. The summed E-state index contributed by atoms with van der Waals surface area (Å²) in [6.45, 7) is 8.31. The van der Waals surface area contributed by atoms with Gasteiger partial charge < -0.3 is 15.4 Å². The van der Waals surface area contributed by atoms with E-state index in [9.17, 15) is 9.59 Å². The molecule has 1 heterocycles. The second-order valence-corrected chi connectivity index (χ2v) is 10.1. The standard InChI is InChI=1S/C25H31N3O3S/c1-24(2,3)31-23(30)27-16-10-15-26-22(29)25(4,18-11-6-5-7-12-18)17-21-28-19-13-8-9-14-20(19)32-21/h5-9,11-14H,10,15-17H2,1-4H3,(H,26,29)(H,27,30). The lowest BCUT2D eigenvalue weighted by Gasteiger charge is -2.28. The van der Waals surface area contributed by atoms with Crippen LogP contribution in [-0.2, 0) is 21.4 Å². The van der Waals surface area contributed by atoms with Crippen molar-refractivity contribution < 1.29 is 14.3 Å². The first-order valence-electron chi connectivity index (χ1n) is 10.8. The molecular formula is C25H31N3O3S. The molecule has 2 aromatic carbocycles. The first kappa shape index (κ1) is 23.7. The smallest absolute Gasteiger partial charge is 0.407 e. The lowest BCUT2D eigenvalue weighted by molar-refractivity contribution is -0.126. The van der Waals surface area contributed by atoms with Gasteiger partial charge in [0.15, 0.2) is 0 Å². The van der Waals surface area contributed by atoms with Gasteiger partial charge in [-0.15, -0.1) is 11.3 Å². The second-order valence-electron chi connectivity index (χ2n) is 8.99. The molecule has 0 aliphatic heterocycles. The number of hydrogen-bond acceptors (Lipinski definition) is 5. The Bertz CT molecular complexity index is 1030. The monoisotopic (exact) mass is 453 g/mol. The van der Waals surface area contributed by atoms with Crippen molar-refractivity contribution in [3.05, 3.63) is 65.2 Å². The number of para-hydroxylation sites is 1. The Hall–Kier alpha value is -2.93. The van der Waals surface area contributed by atoms with E-state index in [1.807, 2.05) is 82.3 Å². The van der Waals surface area contributed by atoms with Crippen LogP contribution in [0.2, 0.25) is 0 Å². The Morgan fingerprint density at radius 2 is 1.59 bits per heavy atom. The number of hydrogen-bond donors (Lipinski definition) is 2. The third kappa shape index (κ3) is 6.29. The SMILES string of the molecule is CC(C)(C)OC(=O)NCCCNC(=O)C(C)(Cc1nc2ccccc2s1)c1ccccc1. The van der Waals surface area contributed by atoms with Crippen molar-refractivity contribution in [2.45, 2.75) is 51.6 Å². The zero-order valence-corrected chi connectivity index (χ0v) is 19.9. The van der Waals surface area contributed by atoms with Crippen molar-refractivity contribution >= 4 is 33.6 Å². The Balaban J connectivity index is 1.64. The largest absolute Gasteiger partial charge is 0.444 e. The van der Waals surface area contributed by atoms with Gasteiger partial charge in [0.1, 0.15) is 5.60 Å². The van der Waals surface area contributed by atoms with E-state index in [1.165, 1.54) is 0 Å². The highest BCUT2D eigenvalue weighted by atomic mass is 32.1. The van der Waals surface area contributed by atoms with E-state index in [0.717, 1.165) is 20.8 Å². The summed E-state index contributed by atoms with van der Waals surface area (Å²) in [6, 6.07) is 17.8. The molecular weight excluding hydrogens is 422 g/mol. The number of benzene rings is 2. The molecule has 1 unspecified atom stereocenters. The van der Waals surface area contributed by atoms with Gasteiger partial charge in [0.25, 0.3) is 0 Å². The van der Waals surface area contributed by atoms with Crippen molar-refractivity contribution in [1.29, 1.82) is 0 Å². The van der Waals surface area contributed by atoms with E-state index in [2.05, 4.69) is 10.6 Å². The van der Waals surface area contributed by atoms with E-state index in [0.29, 0.717) is 25.9 Å². The van der Waals surface area contributed by atoms with Crippen molar-refractivity contribution in [1.82, 2.24) is 15.6 Å². The van der Waals surface area contributed by atoms with Crippen LogP contribution in [0.25, 0.3) is 10.2 Å². The molecule has 0 fully saturated rings. The summed E-state index contributed by atoms with van der Waals surface area (Å²) >= 11 is 1.62. The summed E-state index contributed by atoms with van der Waals surface area (Å²) < 4.78 is 6.34. The summed E-state index contributed by atoms with van der Waals surface area (Å²) in [4.78, 5) is 29.8. The summed E-state index contributed by atoms with van der Waals surface area (Å²) in [5, 5.41) is 6.69. The van der Waals surface area contributed by atoms with Crippen molar-refractivity contribution in [2.75, 3.05) is 13.1 Å². The number of nitrogens with one attached hydrogen (secondary N) is 2. The fourth-order valence-corrected chi connectivity index (χ4v) is 4.53. The van der Waals surface area contributed by atoms with E-state index >= 15 is 0 Å². The first-order valence-corrected chi connectivity index (χ1v) is 11.6. The molecule has 0 aliphatic rings. The highest BCUT2D eigenvalue weighted by Gasteiger charge is 2.36. The average molecular weight is 454 g/mol. The van der Waals surface area contributed by atoms with Gasteiger partial charge >= 0.3 is 6.09 Å². The number of thiazole rings is 1. The summed E-state index contributed by atoms with van der Waals surface area (Å²) in [5.74, 6) is -0.0553. The Morgan fingerprint density at radius 1 is 0.938 bits per heavy atom. The van der Waals surface area contributed by atoms with Crippen LogP contribution in [0.4, 0.5) is 4.79 Å². The molecule has 0 spiro atoms. The van der Waals surface area contributed by atoms with Crippen molar-refractivity contribution in [3.8, 4) is 0 Å². The van der Waals surface area contributed by atoms with Crippen LogP contribution in [0.3, 0.4) is 0 Å². The lowest BCUT2D eigenvalue weighted by atomic mass is 9.78. The van der Waals surface area contributed by atoms with Crippen molar-refractivity contribution in [2.24, 2.45) is 0 Å². The van der Waals surface area contributed by atoms with E-state index in [1.54, 1.807) is 11.3 Å². The van der Waals surface area contributed by atoms with E-state index in [4.69, 9.17) is 9.72 Å². The highest BCUT2D eigenvalue weighted by Crippen LogP contribution is 2.32. The maximum Gasteiger partial charge on any atom is 0.407 e. The predicted octanol–water partition coefficient (Wildman–Crippen LogP) is 4.83. The Kier molecular flexibility index (Phi) is 7.51. The molecule has 3 rings (SSSR count). The normalized spacial score (nSPS) is 13.4. The van der Waals surface area contributed by atoms with Crippen LogP contribution in [0.5, 0.6) is 0 Å². The van der Waals surface area contributed by atoms with Crippen LogP contribution in [0.15, 0.2) is 54.6 Å². The lowest BCUT2D eigenvalue weighted by Crippen LogP contribution is -2.44. The third-order valence-electron chi connectivity index (χ3n) is 5.06. The van der Waals surface area contributed by atoms with Gasteiger partial charge in [0.05, 0.1) is 20.6 Å². The summed E-state index contributed by atoms with van der Waals surface area (Å²) in [7, 11) is 0. The number of aromatic nitrogens is 1. The van der Waals surface area contributed by atoms with Crippen LogP contribution < -0.4 is 10.6 Å². The number of amides is 2. The topological polar surface area (TPSA) is 80.3 Å². The number of rotatable bonds is 8. The molecule has 3 aromatic rings. The van der Waals surface area contributed by atoms with Gasteiger partial charge in [-0.25, -0.2) is 9.78 Å². The van der Waals surface area contributed by atoms with Crippen LogP contribution in [-0.4, -0.2) is 35.7 Å². The molecule has 2 amide bonds. The molecule has 32 heavy (non-hydrogen) atoms. The molecule has 0 saturated carbocycles. The predicted molar refractivity (Wildman–Crippen MR) is 129 cm³/mol. The Morgan fingerprint density at radius 3 is 2.28 bits per heavy atom. The van der Waals surface area contributed by atoms with Crippen LogP contribution >= 0.6 is 11.3 Å². The Labute approximate surface area is 193 Å². The van der Waals surface area contributed by atoms with Gasteiger partial charge in [-0.05, 0) is 51.8 Å². The van der Waals surface area contributed by atoms with Gasteiger partial charge in [-0.2, -0.15) is 0 Å². The number of fused-ring (bicyclic) bond motifs is 1. The van der Waals surface area contributed by atoms with Gasteiger partial charge in [0.2, 0.25) is 5.91 Å². The minimum Gasteiger partial charge on any atom is -0.444 e. The second kappa shape index (κ2) is 10.1. The fraction of sp³-hybridized carbons (Fsp3) is 0.400. The zero-order chi connectivity index (χ0) is 23.2. The number of nitrogens with zero attached hydrogens (tertiary/aromatic N) is 1. The zero-order valence-electron chi connectivity index (χ0n) is 19.1.